The molecule has 1 saturated heterocycles. The van der Waals surface area contributed by atoms with E-state index in [-0.39, 0.29) is 18.0 Å². The van der Waals surface area contributed by atoms with Gasteiger partial charge in [0.15, 0.2) is 0 Å². The first-order valence-electron chi connectivity index (χ1n) is 9.35. The number of aromatic nitrogens is 1. The molecule has 3 heterocycles. The third kappa shape index (κ3) is 3.18. The first-order chi connectivity index (χ1) is 12.1. The SMILES string of the molecule is CC(C)C[C@@H]1N[C@H](C(=O)N2CCOCC2)Cc2c[nH]c3cccc1c23. The van der Waals surface area contributed by atoms with E-state index < -0.39 is 0 Å². The molecule has 2 aliphatic rings. The van der Waals surface area contributed by atoms with Gasteiger partial charge in [0.05, 0.1) is 19.3 Å². The van der Waals surface area contributed by atoms with Crippen molar-refractivity contribution in [1.29, 1.82) is 0 Å². The van der Waals surface area contributed by atoms with Crippen molar-refractivity contribution in [3.8, 4) is 0 Å². The Bertz CT molecular complexity index is 761. The number of ether oxygens (including phenoxy) is 1. The Labute approximate surface area is 148 Å². The van der Waals surface area contributed by atoms with Crippen LogP contribution >= 0.6 is 0 Å². The average Bonchev–Trinajstić information content (AvgIpc) is 2.96. The lowest BCUT2D eigenvalue weighted by atomic mass is 9.94. The fourth-order valence-corrected chi connectivity index (χ4v) is 4.18. The highest BCUT2D eigenvalue weighted by Crippen LogP contribution is 2.34. The Kier molecular flexibility index (Phi) is 4.52. The summed E-state index contributed by atoms with van der Waals surface area (Å²) in [6.45, 7) is 7.15. The minimum atomic E-state index is -0.173. The van der Waals surface area contributed by atoms with Gasteiger partial charge < -0.3 is 14.6 Å². The summed E-state index contributed by atoms with van der Waals surface area (Å²) < 4.78 is 5.40. The summed E-state index contributed by atoms with van der Waals surface area (Å²) in [5.41, 5.74) is 3.73. The predicted octanol–water partition coefficient (Wildman–Crippen LogP) is 2.63. The van der Waals surface area contributed by atoms with Crippen LogP contribution in [0, 0.1) is 5.92 Å². The van der Waals surface area contributed by atoms with Crippen molar-refractivity contribution in [3.63, 3.8) is 0 Å². The molecule has 25 heavy (non-hydrogen) atoms. The fourth-order valence-electron chi connectivity index (χ4n) is 4.18. The number of benzene rings is 1. The first-order valence-corrected chi connectivity index (χ1v) is 9.35. The lowest BCUT2D eigenvalue weighted by Crippen LogP contribution is -2.51. The van der Waals surface area contributed by atoms with Gasteiger partial charge >= 0.3 is 0 Å². The highest BCUT2D eigenvalue weighted by molar-refractivity contribution is 5.90. The zero-order chi connectivity index (χ0) is 17.4. The summed E-state index contributed by atoms with van der Waals surface area (Å²) in [6.07, 6.45) is 3.84. The third-order valence-electron chi connectivity index (χ3n) is 5.35. The van der Waals surface area contributed by atoms with Crippen LogP contribution in [0.25, 0.3) is 10.9 Å². The van der Waals surface area contributed by atoms with E-state index in [0.29, 0.717) is 32.2 Å². The highest BCUT2D eigenvalue weighted by Gasteiger charge is 2.32. The van der Waals surface area contributed by atoms with Gasteiger partial charge in [-0.3, -0.25) is 10.1 Å². The van der Waals surface area contributed by atoms with Crippen molar-refractivity contribution >= 4 is 16.8 Å². The van der Waals surface area contributed by atoms with Gasteiger partial charge in [-0.15, -0.1) is 0 Å². The monoisotopic (exact) mass is 341 g/mol. The van der Waals surface area contributed by atoms with Crippen LogP contribution in [0.4, 0.5) is 0 Å². The molecule has 2 aromatic rings. The normalized spacial score (nSPS) is 23.9. The molecule has 0 aliphatic carbocycles. The molecule has 2 N–H and O–H groups in total. The summed E-state index contributed by atoms with van der Waals surface area (Å²) >= 11 is 0. The van der Waals surface area contributed by atoms with Crippen molar-refractivity contribution in [2.24, 2.45) is 5.92 Å². The fraction of sp³-hybridized carbons (Fsp3) is 0.550. The first kappa shape index (κ1) is 16.6. The van der Waals surface area contributed by atoms with Gasteiger partial charge in [-0.2, -0.15) is 0 Å². The van der Waals surface area contributed by atoms with Crippen molar-refractivity contribution in [3.05, 3.63) is 35.5 Å². The Morgan fingerprint density at radius 3 is 2.88 bits per heavy atom. The second kappa shape index (κ2) is 6.81. The van der Waals surface area contributed by atoms with E-state index >= 15 is 0 Å². The summed E-state index contributed by atoms with van der Waals surface area (Å²) in [5, 5.41) is 5.00. The summed E-state index contributed by atoms with van der Waals surface area (Å²) in [5.74, 6) is 0.770. The quantitative estimate of drug-likeness (QED) is 0.902. The van der Waals surface area contributed by atoms with Crippen LogP contribution < -0.4 is 5.32 Å². The zero-order valence-corrected chi connectivity index (χ0v) is 15.0. The number of hydrogen-bond donors (Lipinski definition) is 2. The van der Waals surface area contributed by atoms with E-state index in [1.165, 1.54) is 22.0 Å². The molecular formula is C20H27N3O2. The molecule has 1 aromatic carbocycles. The molecule has 0 radical (unpaired) electrons. The van der Waals surface area contributed by atoms with Crippen molar-refractivity contribution in [1.82, 2.24) is 15.2 Å². The van der Waals surface area contributed by atoms with E-state index in [0.717, 1.165) is 12.8 Å². The topological polar surface area (TPSA) is 57.4 Å². The van der Waals surface area contributed by atoms with E-state index in [1.807, 2.05) is 4.90 Å². The standard InChI is InChI=1S/C20H27N3O2/c1-13(2)10-17-15-4-3-5-16-19(15)14(12-21-16)11-18(22-17)20(24)23-6-8-25-9-7-23/h3-5,12-13,17-18,21-22H,6-11H2,1-2H3/t17-,18-/m0/s1. The average molecular weight is 341 g/mol. The van der Waals surface area contributed by atoms with Crippen LogP contribution in [0.5, 0.6) is 0 Å². The van der Waals surface area contributed by atoms with Gasteiger partial charge in [0.2, 0.25) is 5.91 Å². The largest absolute Gasteiger partial charge is 0.378 e. The lowest BCUT2D eigenvalue weighted by molar-refractivity contribution is -0.137. The maximum absolute atomic E-state index is 13.1. The minimum absolute atomic E-state index is 0.173. The van der Waals surface area contributed by atoms with Gasteiger partial charge in [-0.05, 0) is 36.0 Å². The van der Waals surface area contributed by atoms with E-state index in [1.54, 1.807) is 0 Å². The van der Waals surface area contributed by atoms with Crippen LogP contribution in [-0.2, 0) is 16.0 Å². The molecule has 1 amide bonds. The van der Waals surface area contributed by atoms with Crippen molar-refractivity contribution in [2.75, 3.05) is 26.3 Å². The Balaban J connectivity index is 1.69. The molecule has 0 saturated carbocycles. The van der Waals surface area contributed by atoms with Gasteiger partial charge in [0, 0.05) is 36.2 Å². The highest BCUT2D eigenvalue weighted by atomic mass is 16.5. The Morgan fingerprint density at radius 1 is 1.32 bits per heavy atom. The van der Waals surface area contributed by atoms with Crippen molar-refractivity contribution < 1.29 is 9.53 Å². The number of rotatable bonds is 3. The van der Waals surface area contributed by atoms with Crippen LogP contribution in [0.1, 0.15) is 37.4 Å². The molecule has 4 rings (SSSR count). The Hall–Kier alpha value is -1.85. The zero-order valence-electron chi connectivity index (χ0n) is 15.0. The van der Waals surface area contributed by atoms with Crippen LogP contribution in [-0.4, -0.2) is 48.1 Å². The predicted molar refractivity (Wildman–Crippen MR) is 98.5 cm³/mol. The molecule has 0 unspecified atom stereocenters. The van der Waals surface area contributed by atoms with Crippen LogP contribution in [0.3, 0.4) is 0 Å². The molecule has 5 nitrogen and oxygen atoms in total. The minimum Gasteiger partial charge on any atom is -0.378 e. The number of nitrogens with one attached hydrogen (secondary N) is 2. The summed E-state index contributed by atoms with van der Waals surface area (Å²) in [4.78, 5) is 18.5. The van der Waals surface area contributed by atoms with Crippen molar-refractivity contribution in [2.45, 2.75) is 38.8 Å². The molecule has 2 aliphatic heterocycles. The number of carbonyl (C=O) groups excluding carboxylic acids is 1. The number of H-pyrrole nitrogens is 1. The second-order valence-corrected chi connectivity index (χ2v) is 7.63. The third-order valence-corrected chi connectivity index (χ3v) is 5.35. The van der Waals surface area contributed by atoms with E-state index in [9.17, 15) is 4.79 Å². The van der Waals surface area contributed by atoms with Gasteiger partial charge in [0.1, 0.15) is 0 Å². The Morgan fingerprint density at radius 2 is 2.12 bits per heavy atom. The lowest BCUT2D eigenvalue weighted by Gasteiger charge is -2.32. The van der Waals surface area contributed by atoms with Crippen LogP contribution in [0.15, 0.2) is 24.4 Å². The molecule has 0 spiro atoms. The molecule has 1 fully saturated rings. The van der Waals surface area contributed by atoms with Gasteiger partial charge in [0.25, 0.3) is 0 Å². The van der Waals surface area contributed by atoms with Crippen LogP contribution in [0.2, 0.25) is 0 Å². The summed E-state index contributed by atoms with van der Waals surface area (Å²) in [6, 6.07) is 6.47. The molecule has 2 atom stereocenters. The number of hydrogen-bond acceptors (Lipinski definition) is 3. The molecule has 134 valence electrons. The van der Waals surface area contributed by atoms with Gasteiger partial charge in [-0.25, -0.2) is 0 Å². The molecule has 1 aromatic heterocycles. The maximum atomic E-state index is 13.1. The van der Waals surface area contributed by atoms with E-state index in [2.05, 4.69) is 48.5 Å². The second-order valence-electron chi connectivity index (χ2n) is 7.63. The smallest absolute Gasteiger partial charge is 0.240 e. The number of morpholine rings is 1. The van der Waals surface area contributed by atoms with Gasteiger partial charge in [-0.1, -0.05) is 26.0 Å². The number of nitrogens with zero attached hydrogens (tertiary/aromatic N) is 1. The molecular weight excluding hydrogens is 314 g/mol. The number of carbonyl (C=O) groups is 1. The number of amides is 1. The molecule has 5 heteroatoms. The number of aromatic amines is 1. The maximum Gasteiger partial charge on any atom is 0.240 e. The van der Waals surface area contributed by atoms with E-state index in [4.69, 9.17) is 4.74 Å². The summed E-state index contributed by atoms with van der Waals surface area (Å²) in [7, 11) is 0. The molecule has 0 bridgehead atoms.